The molecule has 2 fully saturated rings. The van der Waals surface area contributed by atoms with Crippen molar-refractivity contribution >= 4 is 0 Å². The predicted octanol–water partition coefficient (Wildman–Crippen LogP) is 2.10. The maximum absolute atomic E-state index is 4.25. The van der Waals surface area contributed by atoms with E-state index in [4.69, 9.17) is 0 Å². The molecule has 1 N–H and O–H groups in total. The third kappa shape index (κ3) is 4.30. The van der Waals surface area contributed by atoms with Gasteiger partial charge >= 0.3 is 0 Å². The molecule has 0 aromatic carbocycles. The average molecular weight is 265 g/mol. The van der Waals surface area contributed by atoms with Crippen LogP contribution in [0.5, 0.6) is 0 Å². The Labute approximate surface area is 119 Å². The molecule has 3 heteroatoms. The minimum atomic E-state index is 0.179. The number of hydrogen-bond donors (Lipinski definition) is 1. The summed E-state index contributed by atoms with van der Waals surface area (Å²) in [6.45, 7) is 19.0. The van der Waals surface area contributed by atoms with E-state index in [0.717, 1.165) is 19.1 Å². The van der Waals surface area contributed by atoms with Crippen molar-refractivity contribution in [2.24, 2.45) is 0 Å². The highest BCUT2D eigenvalue weighted by molar-refractivity contribution is 5.04. The fraction of sp³-hybridized carbons (Fsp3) is 0.875. The molecular weight excluding hydrogens is 234 g/mol. The van der Waals surface area contributed by atoms with Crippen LogP contribution in [0.15, 0.2) is 12.2 Å². The Morgan fingerprint density at radius 3 is 2.74 bits per heavy atom. The second-order valence-electron chi connectivity index (χ2n) is 7.42. The number of nitrogens with one attached hydrogen (secondary N) is 1. The van der Waals surface area contributed by atoms with Crippen molar-refractivity contribution in [3.8, 4) is 0 Å². The van der Waals surface area contributed by atoms with Gasteiger partial charge in [-0.2, -0.15) is 0 Å². The molecule has 0 aromatic rings. The molecule has 3 nitrogen and oxygen atoms in total. The number of fused-ring (bicyclic) bond motifs is 1. The molecule has 2 aliphatic heterocycles. The van der Waals surface area contributed by atoms with Crippen LogP contribution in [0.25, 0.3) is 0 Å². The van der Waals surface area contributed by atoms with E-state index < -0.39 is 0 Å². The van der Waals surface area contributed by atoms with E-state index in [1.807, 2.05) is 0 Å². The van der Waals surface area contributed by atoms with Gasteiger partial charge in [-0.05, 0) is 52.7 Å². The molecule has 2 aliphatic rings. The lowest BCUT2D eigenvalue weighted by atomic mass is 10.1. The van der Waals surface area contributed by atoms with Gasteiger partial charge in [-0.3, -0.25) is 9.80 Å². The van der Waals surface area contributed by atoms with Crippen molar-refractivity contribution in [3.63, 3.8) is 0 Å². The van der Waals surface area contributed by atoms with Crippen LogP contribution in [0.2, 0.25) is 0 Å². The van der Waals surface area contributed by atoms with Crippen molar-refractivity contribution < 1.29 is 0 Å². The van der Waals surface area contributed by atoms with Gasteiger partial charge in [-0.15, -0.1) is 0 Å². The van der Waals surface area contributed by atoms with Crippen LogP contribution in [0.4, 0.5) is 0 Å². The fourth-order valence-corrected chi connectivity index (χ4v) is 3.20. The first-order valence-corrected chi connectivity index (χ1v) is 7.75. The van der Waals surface area contributed by atoms with Gasteiger partial charge in [-0.25, -0.2) is 0 Å². The number of piperazine rings is 1. The first-order chi connectivity index (χ1) is 8.85. The Kier molecular flexibility index (Phi) is 4.70. The zero-order chi connectivity index (χ0) is 14.0. The largest absolute Gasteiger partial charge is 0.308 e. The Morgan fingerprint density at radius 2 is 2.05 bits per heavy atom. The second kappa shape index (κ2) is 5.94. The predicted molar refractivity (Wildman–Crippen MR) is 82.5 cm³/mol. The summed E-state index contributed by atoms with van der Waals surface area (Å²) >= 11 is 0. The van der Waals surface area contributed by atoms with E-state index in [0.29, 0.717) is 6.04 Å². The minimum Gasteiger partial charge on any atom is -0.308 e. The molecule has 0 saturated carbocycles. The average Bonchev–Trinajstić information content (AvgIpc) is 2.73. The van der Waals surface area contributed by atoms with Crippen LogP contribution in [-0.2, 0) is 0 Å². The lowest BCUT2D eigenvalue weighted by Gasteiger charge is -2.42. The zero-order valence-corrected chi connectivity index (χ0v) is 13.2. The standard InChI is InChI=1S/C16H31N3/c1-13(9-17-16(3,4)5)10-19-12-15-7-6-8-18(15)11-14(19)2/h14-15,17H,1,6-12H2,2-5H3. The normalized spacial score (nSPS) is 29.5. The molecular formula is C16H31N3. The van der Waals surface area contributed by atoms with Crippen LogP contribution in [-0.4, -0.2) is 60.1 Å². The lowest BCUT2D eigenvalue weighted by Crippen LogP contribution is -2.55. The van der Waals surface area contributed by atoms with Gasteiger partial charge in [0.2, 0.25) is 0 Å². The van der Waals surface area contributed by atoms with Crippen LogP contribution >= 0.6 is 0 Å². The summed E-state index contributed by atoms with van der Waals surface area (Å²) in [5, 5.41) is 3.54. The Morgan fingerprint density at radius 1 is 1.32 bits per heavy atom. The van der Waals surface area contributed by atoms with Crippen LogP contribution < -0.4 is 5.32 Å². The first-order valence-electron chi connectivity index (χ1n) is 7.75. The molecule has 2 heterocycles. The van der Waals surface area contributed by atoms with Crippen molar-refractivity contribution in [3.05, 3.63) is 12.2 Å². The van der Waals surface area contributed by atoms with E-state index >= 15 is 0 Å². The Bertz CT molecular complexity index is 318. The third-order valence-corrected chi connectivity index (χ3v) is 4.36. The SMILES string of the molecule is C=C(CNC(C)(C)C)CN1CC2CCCN2CC1C. The first kappa shape index (κ1) is 15.0. The molecule has 0 aliphatic carbocycles. The monoisotopic (exact) mass is 265 g/mol. The Balaban J connectivity index is 1.80. The summed E-state index contributed by atoms with van der Waals surface area (Å²) in [5.41, 5.74) is 1.49. The summed E-state index contributed by atoms with van der Waals surface area (Å²) in [4.78, 5) is 5.30. The smallest absolute Gasteiger partial charge is 0.0224 e. The second-order valence-corrected chi connectivity index (χ2v) is 7.42. The number of nitrogens with zero attached hydrogens (tertiary/aromatic N) is 2. The highest BCUT2D eigenvalue weighted by atomic mass is 15.3. The van der Waals surface area contributed by atoms with Gasteiger partial charge < -0.3 is 5.32 Å². The highest BCUT2D eigenvalue weighted by Crippen LogP contribution is 2.24. The fourth-order valence-electron chi connectivity index (χ4n) is 3.20. The molecule has 2 atom stereocenters. The van der Waals surface area contributed by atoms with Crippen LogP contribution in [0, 0.1) is 0 Å². The molecule has 0 bridgehead atoms. The molecule has 2 saturated heterocycles. The van der Waals surface area contributed by atoms with Gasteiger partial charge in [0.15, 0.2) is 0 Å². The summed E-state index contributed by atoms with van der Waals surface area (Å²) < 4.78 is 0. The summed E-state index contributed by atoms with van der Waals surface area (Å²) in [5.74, 6) is 0. The Hall–Kier alpha value is -0.380. The summed E-state index contributed by atoms with van der Waals surface area (Å²) in [7, 11) is 0. The molecule has 0 amide bonds. The molecule has 2 rings (SSSR count). The highest BCUT2D eigenvalue weighted by Gasteiger charge is 2.34. The van der Waals surface area contributed by atoms with Crippen LogP contribution in [0.3, 0.4) is 0 Å². The van der Waals surface area contributed by atoms with Gasteiger partial charge in [0.1, 0.15) is 0 Å². The van der Waals surface area contributed by atoms with Crippen molar-refractivity contribution in [1.82, 2.24) is 15.1 Å². The van der Waals surface area contributed by atoms with Gasteiger partial charge in [0.25, 0.3) is 0 Å². The number of rotatable bonds is 4. The molecule has 0 spiro atoms. The maximum atomic E-state index is 4.25. The third-order valence-electron chi connectivity index (χ3n) is 4.36. The van der Waals surface area contributed by atoms with Crippen molar-refractivity contribution in [2.75, 3.05) is 32.7 Å². The molecule has 19 heavy (non-hydrogen) atoms. The molecule has 0 aromatic heterocycles. The zero-order valence-electron chi connectivity index (χ0n) is 13.2. The number of hydrogen-bond acceptors (Lipinski definition) is 3. The van der Waals surface area contributed by atoms with E-state index in [-0.39, 0.29) is 5.54 Å². The van der Waals surface area contributed by atoms with E-state index in [1.165, 1.54) is 38.0 Å². The molecule has 2 unspecified atom stereocenters. The van der Waals surface area contributed by atoms with Gasteiger partial charge in [0, 0.05) is 43.8 Å². The van der Waals surface area contributed by atoms with Crippen LogP contribution in [0.1, 0.15) is 40.5 Å². The minimum absolute atomic E-state index is 0.179. The van der Waals surface area contributed by atoms with Crippen molar-refractivity contribution in [2.45, 2.75) is 58.2 Å². The quantitative estimate of drug-likeness (QED) is 0.785. The molecule has 0 radical (unpaired) electrons. The van der Waals surface area contributed by atoms with E-state index in [2.05, 4.69) is 49.4 Å². The molecule has 110 valence electrons. The summed E-state index contributed by atoms with van der Waals surface area (Å²) in [6.07, 6.45) is 2.77. The topological polar surface area (TPSA) is 18.5 Å². The van der Waals surface area contributed by atoms with E-state index in [1.54, 1.807) is 0 Å². The van der Waals surface area contributed by atoms with Gasteiger partial charge in [0.05, 0.1) is 0 Å². The van der Waals surface area contributed by atoms with E-state index in [9.17, 15) is 0 Å². The summed E-state index contributed by atoms with van der Waals surface area (Å²) in [6, 6.07) is 1.47. The lowest BCUT2D eigenvalue weighted by molar-refractivity contribution is 0.0661. The van der Waals surface area contributed by atoms with Crippen molar-refractivity contribution in [1.29, 1.82) is 0 Å². The maximum Gasteiger partial charge on any atom is 0.0224 e. The van der Waals surface area contributed by atoms with Gasteiger partial charge in [-0.1, -0.05) is 6.58 Å².